The molecule has 0 radical (unpaired) electrons. The summed E-state index contributed by atoms with van der Waals surface area (Å²) in [7, 11) is 0. The Balaban J connectivity index is 2.69. The number of rotatable bonds is 0. The fourth-order valence-corrected chi connectivity index (χ4v) is 1.60. The Morgan fingerprint density at radius 3 is 2.60 bits per heavy atom. The van der Waals surface area contributed by atoms with Gasteiger partial charge in [-0.3, -0.25) is 0 Å². The number of aliphatic hydroxyl groups excluding tert-OH is 1. The van der Waals surface area contributed by atoms with Gasteiger partial charge in [0.15, 0.2) is 0 Å². The van der Waals surface area contributed by atoms with Crippen molar-refractivity contribution in [3.63, 3.8) is 0 Å². The first-order chi connectivity index (χ1) is 4.54. The number of aliphatic hydroxyl groups is 1. The summed E-state index contributed by atoms with van der Waals surface area (Å²) in [5.74, 6) is 0. The number of hydrogen-bond acceptors (Lipinski definition) is 1. The van der Waals surface area contributed by atoms with Gasteiger partial charge in [-0.05, 0) is 30.3 Å². The summed E-state index contributed by atoms with van der Waals surface area (Å²) in [6, 6.07) is 0. The maximum absolute atomic E-state index is 9.61. The molecule has 1 fully saturated rings. The van der Waals surface area contributed by atoms with Crippen molar-refractivity contribution in [2.24, 2.45) is 5.41 Å². The molecule has 1 saturated carbocycles. The van der Waals surface area contributed by atoms with Gasteiger partial charge < -0.3 is 5.11 Å². The van der Waals surface area contributed by atoms with E-state index in [1.54, 1.807) is 0 Å². The van der Waals surface area contributed by atoms with Gasteiger partial charge in [-0.25, -0.2) is 0 Å². The molecular formula is C9H16O. The summed E-state index contributed by atoms with van der Waals surface area (Å²) in [6.45, 7) is 8.04. The van der Waals surface area contributed by atoms with E-state index in [0.717, 1.165) is 18.4 Å². The van der Waals surface area contributed by atoms with Crippen molar-refractivity contribution in [2.45, 2.75) is 39.2 Å². The van der Waals surface area contributed by atoms with E-state index in [-0.39, 0.29) is 11.5 Å². The molecule has 10 heavy (non-hydrogen) atoms. The molecule has 1 aliphatic carbocycles. The fraction of sp³-hybridized carbons (Fsp3) is 0.778. The Hall–Kier alpha value is -0.300. The smallest absolute Gasteiger partial charge is 0.0798 e. The van der Waals surface area contributed by atoms with Gasteiger partial charge in [0.05, 0.1) is 6.10 Å². The molecule has 1 heteroatoms. The van der Waals surface area contributed by atoms with E-state index in [1.165, 1.54) is 6.42 Å². The zero-order valence-electron chi connectivity index (χ0n) is 6.85. The largest absolute Gasteiger partial charge is 0.388 e. The van der Waals surface area contributed by atoms with Gasteiger partial charge in [-0.2, -0.15) is 0 Å². The standard InChI is InChI=1S/C9H16O/c1-7-5-4-6-9(2,3)8(7)10/h8,10H,1,4-6H2,2-3H3. The molecule has 1 atom stereocenters. The van der Waals surface area contributed by atoms with Gasteiger partial charge >= 0.3 is 0 Å². The minimum atomic E-state index is -0.277. The highest BCUT2D eigenvalue weighted by atomic mass is 16.3. The quantitative estimate of drug-likeness (QED) is 0.511. The van der Waals surface area contributed by atoms with Crippen molar-refractivity contribution in [2.75, 3.05) is 0 Å². The third-order valence-corrected chi connectivity index (χ3v) is 2.45. The van der Waals surface area contributed by atoms with Crippen LogP contribution in [0.4, 0.5) is 0 Å². The zero-order chi connectivity index (χ0) is 7.78. The molecule has 0 aliphatic heterocycles. The molecule has 1 rings (SSSR count). The first kappa shape index (κ1) is 7.80. The molecule has 1 aliphatic rings. The summed E-state index contributed by atoms with van der Waals surface area (Å²) in [4.78, 5) is 0. The van der Waals surface area contributed by atoms with Crippen LogP contribution in [0.25, 0.3) is 0 Å². The minimum absolute atomic E-state index is 0.0648. The van der Waals surface area contributed by atoms with Crippen LogP contribution in [-0.4, -0.2) is 11.2 Å². The lowest BCUT2D eigenvalue weighted by Gasteiger charge is -2.36. The van der Waals surface area contributed by atoms with Gasteiger partial charge in [0, 0.05) is 0 Å². The molecule has 0 amide bonds. The van der Waals surface area contributed by atoms with E-state index in [2.05, 4.69) is 20.4 Å². The monoisotopic (exact) mass is 140 g/mol. The molecule has 1 nitrogen and oxygen atoms in total. The van der Waals surface area contributed by atoms with Crippen molar-refractivity contribution in [1.29, 1.82) is 0 Å². The number of hydrogen-bond donors (Lipinski definition) is 1. The lowest BCUT2D eigenvalue weighted by Crippen LogP contribution is -2.34. The van der Waals surface area contributed by atoms with Crippen LogP contribution in [-0.2, 0) is 0 Å². The molecular weight excluding hydrogens is 124 g/mol. The van der Waals surface area contributed by atoms with Crippen LogP contribution in [0.1, 0.15) is 33.1 Å². The van der Waals surface area contributed by atoms with E-state index in [9.17, 15) is 5.11 Å². The summed E-state index contributed by atoms with van der Waals surface area (Å²) >= 11 is 0. The van der Waals surface area contributed by atoms with Crippen molar-refractivity contribution in [1.82, 2.24) is 0 Å². The third-order valence-electron chi connectivity index (χ3n) is 2.45. The van der Waals surface area contributed by atoms with E-state index in [4.69, 9.17) is 0 Å². The first-order valence-corrected chi connectivity index (χ1v) is 3.90. The van der Waals surface area contributed by atoms with E-state index in [0.29, 0.717) is 0 Å². The Labute approximate surface area is 62.8 Å². The molecule has 0 saturated heterocycles. The van der Waals surface area contributed by atoms with Crippen LogP contribution in [0, 0.1) is 5.41 Å². The third kappa shape index (κ3) is 1.24. The molecule has 0 aromatic rings. The summed E-state index contributed by atoms with van der Waals surface area (Å²) in [5.41, 5.74) is 1.08. The van der Waals surface area contributed by atoms with Gasteiger partial charge in [0.1, 0.15) is 0 Å². The van der Waals surface area contributed by atoms with Crippen LogP contribution in [0.15, 0.2) is 12.2 Å². The second-order valence-electron chi connectivity index (χ2n) is 3.90. The van der Waals surface area contributed by atoms with Gasteiger partial charge in [-0.1, -0.05) is 20.4 Å². The van der Waals surface area contributed by atoms with Gasteiger partial charge in [-0.15, -0.1) is 0 Å². The Morgan fingerprint density at radius 1 is 1.60 bits per heavy atom. The van der Waals surface area contributed by atoms with Crippen LogP contribution in [0.3, 0.4) is 0 Å². The Kier molecular flexibility index (Phi) is 1.86. The summed E-state index contributed by atoms with van der Waals surface area (Å²) in [5, 5.41) is 9.61. The van der Waals surface area contributed by atoms with Crippen molar-refractivity contribution < 1.29 is 5.11 Å². The molecule has 58 valence electrons. The predicted molar refractivity (Wildman–Crippen MR) is 42.8 cm³/mol. The highest BCUT2D eigenvalue weighted by molar-refractivity contribution is 5.10. The SMILES string of the molecule is C=C1CCCC(C)(C)C1O. The maximum atomic E-state index is 9.61. The predicted octanol–water partition coefficient (Wildman–Crippen LogP) is 2.11. The Morgan fingerprint density at radius 2 is 2.20 bits per heavy atom. The Bertz CT molecular complexity index is 147. The topological polar surface area (TPSA) is 20.2 Å². The van der Waals surface area contributed by atoms with E-state index < -0.39 is 0 Å². The van der Waals surface area contributed by atoms with Crippen molar-refractivity contribution in [3.8, 4) is 0 Å². The molecule has 0 aromatic carbocycles. The second-order valence-corrected chi connectivity index (χ2v) is 3.90. The van der Waals surface area contributed by atoms with Gasteiger partial charge in [0.25, 0.3) is 0 Å². The first-order valence-electron chi connectivity index (χ1n) is 3.90. The maximum Gasteiger partial charge on any atom is 0.0798 e. The average molecular weight is 140 g/mol. The molecule has 1 N–H and O–H groups in total. The highest BCUT2D eigenvalue weighted by Crippen LogP contribution is 2.37. The van der Waals surface area contributed by atoms with Crippen LogP contribution in [0.2, 0.25) is 0 Å². The zero-order valence-corrected chi connectivity index (χ0v) is 6.85. The van der Waals surface area contributed by atoms with Gasteiger partial charge in [0.2, 0.25) is 0 Å². The van der Waals surface area contributed by atoms with Crippen LogP contribution < -0.4 is 0 Å². The molecule has 0 aromatic heterocycles. The highest BCUT2D eigenvalue weighted by Gasteiger charge is 2.32. The lowest BCUT2D eigenvalue weighted by atomic mass is 9.73. The second kappa shape index (κ2) is 2.39. The van der Waals surface area contributed by atoms with Crippen molar-refractivity contribution >= 4 is 0 Å². The van der Waals surface area contributed by atoms with E-state index >= 15 is 0 Å². The normalized spacial score (nSPS) is 32.3. The van der Waals surface area contributed by atoms with Crippen molar-refractivity contribution in [3.05, 3.63) is 12.2 Å². The molecule has 0 bridgehead atoms. The fourth-order valence-electron chi connectivity index (χ4n) is 1.60. The summed E-state index contributed by atoms with van der Waals surface area (Å²) < 4.78 is 0. The van der Waals surface area contributed by atoms with Crippen LogP contribution in [0.5, 0.6) is 0 Å². The average Bonchev–Trinajstić information content (AvgIpc) is 1.83. The molecule has 0 spiro atoms. The molecule has 0 heterocycles. The van der Waals surface area contributed by atoms with Crippen LogP contribution >= 0.6 is 0 Å². The van der Waals surface area contributed by atoms with E-state index in [1.807, 2.05) is 0 Å². The lowest BCUT2D eigenvalue weighted by molar-refractivity contribution is 0.0542. The molecule has 1 unspecified atom stereocenters. The summed E-state index contributed by atoms with van der Waals surface area (Å²) in [6.07, 6.45) is 3.03. The minimum Gasteiger partial charge on any atom is -0.388 e.